The first-order chi connectivity index (χ1) is 19.5. The number of hydrogen-bond donors (Lipinski definition) is 3. The van der Waals surface area contributed by atoms with E-state index in [1.807, 2.05) is 40.7 Å². The number of aryl methyl sites for hydroxylation is 1. The van der Waals surface area contributed by atoms with Crippen LogP contribution >= 0.6 is 11.6 Å². The van der Waals surface area contributed by atoms with E-state index in [4.69, 9.17) is 21.1 Å². The average molecular weight is 584 g/mol. The summed E-state index contributed by atoms with van der Waals surface area (Å²) in [6, 6.07) is 10.7. The van der Waals surface area contributed by atoms with Gasteiger partial charge in [0.25, 0.3) is 0 Å². The van der Waals surface area contributed by atoms with Gasteiger partial charge in [-0.3, -0.25) is 14.4 Å². The standard InChI is InChI=1S/C31H38ClN3O6/c1-6-20(16-36)35-26(28(38)34-25-17(3)9-8-10-22(25)32)31-15-18(4)30(5,41-31)23(24(31)29(35)39)27(37)33-19-11-13-21(14-12-19)40-7-2/h8-14,18,20,23-24,26,36H,6-7,15-16H2,1-5H3,(H,33,37)(H,34,38)/t18?,20-,23-,24-,26?,30+,31?/m0/s1. The van der Waals surface area contributed by atoms with E-state index in [2.05, 4.69) is 10.6 Å². The van der Waals surface area contributed by atoms with Crippen LogP contribution in [-0.2, 0) is 19.1 Å². The SMILES string of the molecule is CCOc1ccc(NC(=O)[C@@H]2[C@H]3C(=O)N([C@@H](CC)CO)C(C(=O)Nc4c(C)cccc4Cl)C34CC(C)[C@@]2(C)O4)cc1. The molecule has 3 aliphatic rings. The van der Waals surface area contributed by atoms with E-state index in [-0.39, 0.29) is 24.3 Å². The number of carbonyl (C=O) groups excluding carboxylic acids is 3. The summed E-state index contributed by atoms with van der Waals surface area (Å²) in [5.41, 5.74) is -0.413. The van der Waals surface area contributed by atoms with Crippen LogP contribution in [0, 0.1) is 24.7 Å². The van der Waals surface area contributed by atoms with Crippen molar-refractivity contribution in [3.8, 4) is 5.75 Å². The smallest absolute Gasteiger partial charge is 0.250 e. The minimum atomic E-state index is -1.24. The predicted molar refractivity (Wildman–Crippen MR) is 156 cm³/mol. The Balaban J connectivity index is 1.53. The van der Waals surface area contributed by atoms with Gasteiger partial charge in [0.15, 0.2) is 0 Å². The lowest BCUT2D eigenvalue weighted by Crippen LogP contribution is -2.56. The highest BCUT2D eigenvalue weighted by molar-refractivity contribution is 6.34. The van der Waals surface area contributed by atoms with Crippen molar-refractivity contribution in [2.75, 3.05) is 23.8 Å². The Bertz CT molecular complexity index is 1330. The highest BCUT2D eigenvalue weighted by Gasteiger charge is 2.80. The number of likely N-dealkylation sites (tertiary alicyclic amines) is 1. The van der Waals surface area contributed by atoms with E-state index in [0.717, 1.165) is 5.56 Å². The third-order valence-corrected chi connectivity index (χ3v) is 9.58. The van der Waals surface area contributed by atoms with E-state index in [0.29, 0.717) is 41.6 Å². The molecule has 2 bridgehead atoms. The number of benzene rings is 2. The molecule has 3 fully saturated rings. The van der Waals surface area contributed by atoms with Gasteiger partial charge in [-0.1, -0.05) is 37.6 Å². The molecule has 0 aromatic heterocycles. The number of ether oxygens (including phenoxy) is 2. The quantitative estimate of drug-likeness (QED) is 0.403. The molecule has 10 heteroatoms. The lowest BCUT2D eigenvalue weighted by Gasteiger charge is -2.36. The molecular weight excluding hydrogens is 546 g/mol. The van der Waals surface area contributed by atoms with Gasteiger partial charge >= 0.3 is 0 Å². The normalized spacial score (nSPS) is 30.7. The van der Waals surface area contributed by atoms with Crippen molar-refractivity contribution in [2.45, 2.75) is 70.7 Å². The molecule has 0 radical (unpaired) electrons. The van der Waals surface area contributed by atoms with Crippen LogP contribution in [0.3, 0.4) is 0 Å². The third kappa shape index (κ3) is 4.58. The van der Waals surface area contributed by atoms with Gasteiger partial charge in [-0.25, -0.2) is 0 Å². The molecule has 1 spiro atoms. The Morgan fingerprint density at radius 1 is 1.17 bits per heavy atom. The second kappa shape index (κ2) is 10.9. The Hall–Kier alpha value is -3.14. The highest BCUT2D eigenvalue weighted by atomic mass is 35.5. The summed E-state index contributed by atoms with van der Waals surface area (Å²) < 4.78 is 12.3. The number of carbonyl (C=O) groups is 3. The summed E-state index contributed by atoms with van der Waals surface area (Å²) in [6.07, 6.45) is 0.848. The minimum absolute atomic E-state index is 0.117. The molecule has 0 aliphatic carbocycles. The van der Waals surface area contributed by atoms with Gasteiger partial charge in [0.05, 0.1) is 47.4 Å². The molecule has 41 heavy (non-hydrogen) atoms. The Labute approximate surface area is 245 Å². The van der Waals surface area contributed by atoms with Crippen molar-refractivity contribution in [1.29, 1.82) is 0 Å². The van der Waals surface area contributed by atoms with Crippen LogP contribution in [0.1, 0.15) is 46.1 Å². The van der Waals surface area contributed by atoms with Crippen molar-refractivity contribution >= 4 is 40.7 Å². The summed E-state index contributed by atoms with van der Waals surface area (Å²) in [4.78, 5) is 43.9. The number of amides is 3. The summed E-state index contributed by atoms with van der Waals surface area (Å²) in [7, 11) is 0. The van der Waals surface area contributed by atoms with Gasteiger partial charge in [-0.05, 0) is 75.4 Å². The third-order valence-electron chi connectivity index (χ3n) is 9.26. The fourth-order valence-corrected chi connectivity index (χ4v) is 7.46. The van der Waals surface area contributed by atoms with Crippen LogP contribution in [-0.4, -0.2) is 64.2 Å². The number of anilines is 2. The summed E-state index contributed by atoms with van der Waals surface area (Å²) in [5.74, 6) is -2.32. The Kier molecular flexibility index (Phi) is 7.82. The number of rotatable bonds is 9. The fraction of sp³-hybridized carbons (Fsp3) is 0.516. The zero-order valence-electron chi connectivity index (χ0n) is 24.1. The molecule has 7 atom stereocenters. The second-order valence-corrected chi connectivity index (χ2v) is 12.0. The van der Waals surface area contributed by atoms with Crippen LogP contribution in [0.15, 0.2) is 42.5 Å². The van der Waals surface area contributed by atoms with Gasteiger partial charge in [0.1, 0.15) is 17.4 Å². The number of halogens is 1. The number of aliphatic hydroxyl groups is 1. The van der Waals surface area contributed by atoms with E-state index >= 15 is 0 Å². The van der Waals surface area contributed by atoms with E-state index in [1.165, 1.54) is 4.90 Å². The van der Waals surface area contributed by atoms with Crippen molar-refractivity contribution in [2.24, 2.45) is 17.8 Å². The number of para-hydroxylation sites is 1. The van der Waals surface area contributed by atoms with Gasteiger partial charge in [0.2, 0.25) is 17.7 Å². The largest absolute Gasteiger partial charge is 0.494 e. The zero-order valence-corrected chi connectivity index (χ0v) is 24.8. The van der Waals surface area contributed by atoms with E-state index in [9.17, 15) is 19.5 Å². The van der Waals surface area contributed by atoms with Gasteiger partial charge in [-0.2, -0.15) is 0 Å². The molecule has 2 aromatic rings. The molecule has 3 saturated heterocycles. The van der Waals surface area contributed by atoms with E-state index < -0.39 is 41.0 Å². The van der Waals surface area contributed by atoms with Crippen LogP contribution in [0.2, 0.25) is 5.02 Å². The predicted octanol–water partition coefficient (Wildman–Crippen LogP) is 4.41. The van der Waals surface area contributed by atoms with E-state index in [1.54, 1.807) is 36.4 Å². The molecule has 3 unspecified atom stereocenters. The lowest BCUT2D eigenvalue weighted by molar-refractivity contribution is -0.148. The van der Waals surface area contributed by atoms with Crippen LogP contribution in [0.5, 0.6) is 5.75 Å². The molecule has 2 aromatic carbocycles. The van der Waals surface area contributed by atoms with Crippen molar-refractivity contribution in [3.63, 3.8) is 0 Å². The van der Waals surface area contributed by atoms with Gasteiger partial charge in [0, 0.05) is 5.69 Å². The zero-order chi connectivity index (χ0) is 29.7. The lowest BCUT2D eigenvalue weighted by atomic mass is 9.62. The molecule has 3 aliphatic heterocycles. The summed E-state index contributed by atoms with van der Waals surface area (Å²) in [6.45, 7) is 9.65. The van der Waals surface area contributed by atoms with Crippen molar-refractivity contribution in [1.82, 2.24) is 4.90 Å². The van der Waals surface area contributed by atoms with Crippen molar-refractivity contribution in [3.05, 3.63) is 53.1 Å². The molecule has 5 rings (SSSR count). The Morgan fingerprint density at radius 3 is 2.49 bits per heavy atom. The second-order valence-electron chi connectivity index (χ2n) is 11.6. The maximum absolute atomic E-state index is 14.3. The molecule has 9 nitrogen and oxygen atoms in total. The number of aliphatic hydroxyl groups excluding tert-OH is 1. The summed E-state index contributed by atoms with van der Waals surface area (Å²) >= 11 is 6.44. The monoisotopic (exact) mass is 583 g/mol. The average Bonchev–Trinajstić information content (AvgIpc) is 3.45. The summed E-state index contributed by atoms with van der Waals surface area (Å²) in [5, 5.41) is 16.6. The highest BCUT2D eigenvalue weighted by Crippen LogP contribution is 2.65. The molecule has 0 saturated carbocycles. The van der Waals surface area contributed by atoms with Crippen LogP contribution in [0.4, 0.5) is 11.4 Å². The topological polar surface area (TPSA) is 117 Å². The van der Waals surface area contributed by atoms with Crippen molar-refractivity contribution < 1.29 is 29.0 Å². The fourth-order valence-electron chi connectivity index (χ4n) is 7.19. The maximum atomic E-state index is 14.3. The number of nitrogens with one attached hydrogen (secondary N) is 2. The molecule has 220 valence electrons. The molecular formula is C31H38ClN3O6. The van der Waals surface area contributed by atoms with Gasteiger partial charge in [-0.15, -0.1) is 0 Å². The van der Waals surface area contributed by atoms with Crippen LogP contribution in [0.25, 0.3) is 0 Å². The van der Waals surface area contributed by atoms with Crippen LogP contribution < -0.4 is 15.4 Å². The minimum Gasteiger partial charge on any atom is -0.494 e. The Morgan fingerprint density at radius 2 is 1.88 bits per heavy atom. The first kappa shape index (κ1) is 29.4. The molecule has 3 amide bonds. The first-order valence-corrected chi connectivity index (χ1v) is 14.6. The first-order valence-electron chi connectivity index (χ1n) is 14.2. The number of fused-ring (bicyclic) bond motifs is 1. The van der Waals surface area contributed by atoms with Gasteiger partial charge < -0.3 is 30.1 Å². The maximum Gasteiger partial charge on any atom is 0.250 e. The number of nitrogens with zero attached hydrogens (tertiary/aromatic N) is 1. The molecule has 3 N–H and O–H groups in total. The number of hydrogen-bond acceptors (Lipinski definition) is 6. The molecule has 3 heterocycles.